The van der Waals surface area contributed by atoms with Gasteiger partial charge in [0.25, 0.3) is 0 Å². The predicted molar refractivity (Wildman–Crippen MR) is 196 cm³/mol. The number of H-pyrrole nitrogens is 1. The van der Waals surface area contributed by atoms with E-state index in [1.54, 1.807) is 0 Å². The molecule has 0 saturated carbocycles. The van der Waals surface area contributed by atoms with Gasteiger partial charge in [0.15, 0.2) is 0 Å². The largest absolute Gasteiger partial charge is 0.490 e. The van der Waals surface area contributed by atoms with Crippen LogP contribution in [0.15, 0.2) is 91.1 Å². The van der Waals surface area contributed by atoms with Crippen LogP contribution in [-0.4, -0.2) is 108 Å². The molecule has 4 atom stereocenters. The molecule has 2 saturated heterocycles. The SMILES string of the molecule is O=C(O)C(F)(F)F.O=C1C[C@@H](N2CCOCC2)C(=O)NC[C@@H](Cc2ccccc2)NC(=O)[C@H](Cc2ccccc2)NC(=O)[C@H](Cc2c[nH]c3ccccc23)N1. The van der Waals surface area contributed by atoms with E-state index in [0.29, 0.717) is 32.7 Å². The van der Waals surface area contributed by atoms with Crippen molar-refractivity contribution >= 4 is 40.5 Å². The zero-order valence-corrected chi connectivity index (χ0v) is 29.8. The fraction of sp³-hybridized carbons (Fsp3) is 0.359. The Labute approximate surface area is 315 Å². The summed E-state index contributed by atoms with van der Waals surface area (Å²) in [5.74, 6) is -4.35. The van der Waals surface area contributed by atoms with Gasteiger partial charge in [0, 0.05) is 49.6 Å². The number of carbonyl (C=O) groups is 5. The molecule has 0 spiro atoms. The number of ether oxygens (including phenoxy) is 1. The molecule has 6 rings (SSSR count). The minimum atomic E-state index is -5.08. The number of aromatic amines is 1. The summed E-state index contributed by atoms with van der Waals surface area (Å²) < 4.78 is 37.3. The first-order valence-corrected chi connectivity index (χ1v) is 17.8. The third-order valence-electron chi connectivity index (χ3n) is 9.27. The molecular formula is C39H43F3N6O7. The zero-order valence-electron chi connectivity index (χ0n) is 29.8. The van der Waals surface area contributed by atoms with Crippen molar-refractivity contribution in [3.8, 4) is 0 Å². The number of nitrogens with one attached hydrogen (secondary N) is 5. The Hall–Kier alpha value is -5.74. The molecule has 3 heterocycles. The second-order valence-corrected chi connectivity index (χ2v) is 13.2. The van der Waals surface area contributed by atoms with Crippen LogP contribution in [0.3, 0.4) is 0 Å². The minimum Gasteiger partial charge on any atom is -0.475 e. The molecule has 4 aromatic rings. The number of carboxylic acids is 1. The molecule has 0 radical (unpaired) electrons. The molecule has 0 aliphatic carbocycles. The Kier molecular flexibility index (Phi) is 14.0. The van der Waals surface area contributed by atoms with Crippen molar-refractivity contribution in [2.75, 3.05) is 32.8 Å². The first-order chi connectivity index (χ1) is 26.4. The van der Waals surface area contributed by atoms with Crippen LogP contribution in [0.4, 0.5) is 13.2 Å². The maximum atomic E-state index is 14.1. The lowest BCUT2D eigenvalue weighted by atomic mass is 10.00. The number of fused-ring (bicyclic) bond motifs is 1. The molecule has 13 nitrogen and oxygen atoms in total. The average molecular weight is 765 g/mol. The number of carboxylic acid groups (broad SMARTS) is 1. The Morgan fingerprint density at radius 2 is 1.31 bits per heavy atom. The summed E-state index contributed by atoms with van der Waals surface area (Å²) in [7, 11) is 0. The van der Waals surface area contributed by atoms with Crippen molar-refractivity contribution in [3.05, 3.63) is 108 Å². The number of aromatic nitrogens is 1. The fourth-order valence-electron chi connectivity index (χ4n) is 6.48. The number of alkyl halides is 3. The smallest absolute Gasteiger partial charge is 0.475 e. The Morgan fingerprint density at radius 3 is 1.95 bits per heavy atom. The first kappa shape index (κ1) is 40.4. The van der Waals surface area contributed by atoms with Crippen molar-refractivity contribution in [2.24, 2.45) is 0 Å². The molecule has 1 aromatic heterocycles. The van der Waals surface area contributed by atoms with Crippen LogP contribution in [0.25, 0.3) is 10.9 Å². The molecule has 55 heavy (non-hydrogen) atoms. The van der Waals surface area contributed by atoms with Gasteiger partial charge < -0.3 is 36.1 Å². The van der Waals surface area contributed by atoms with Gasteiger partial charge in [0.05, 0.1) is 31.7 Å². The number of para-hydroxylation sites is 1. The van der Waals surface area contributed by atoms with E-state index in [1.807, 2.05) is 96.0 Å². The van der Waals surface area contributed by atoms with Gasteiger partial charge in [-0.3, -0.25) is 24.1 Å². The molecule has 6 N–H and O–H groups in total. The van der Waals surface area contributed by atoms with Crippen LogP contribution < -0.4 is 21.3 Å². The average Bonchev–Trinajstić information content (AvgIpc) is 3.58. The number of benzene rings is 3. The lowest BCUT2D eigenvalue weighted by Crippen LogP contribution is -2.60. The number of nitrogens with zero attached hydrogens (tertiary/aromatic N) is 1. The summed E-state index contributed by atoms with van der Waals surface area (Å²) in [6.45, 7) is 2.04. The van der Waals surface area contributed by atoms with Gasteiger partial charge in [0.1, 0.15) is 12.1 Å². The fourth-order valence-corrected chi connectivity index (χ4v) is 6.48. The van der Waals surface area contributed by atoms with E-state index in [9.17, 15) is 32.3 Å². The molecule has 2 aliphatic rings. The summed E-state index contributed by atoms with van der Waals surface area (Å²) >= 11 is 0. The number of halogens is 3. The Bertz CT molecular complexity index is 1920. The maximum absolute atomic E-state index is 14.1. The zero-order chi connectivity index (χ0) is 39.4. The van der Waals surface area contributed by atoms with E-state index >= 15 is 0 Å². The molecule has 2 aliphatic heterocycles. The number of rotatable bonds is 7. The van der Waals surface area contributed by atoms with E-state index in [4.69, 9.17) is 14.6 Å². The van der Waals surface area contributed by atoms with Crippen molar-refractivity contribution in [3.63, 3.8) is 0 Å². The number of carbonyl (C=O) groups excluding carboxylic acids is 4. The van der Waals surface area contributed by atoms with E-state index < -0.39 is 48.1 Å². The van der Waals surface area contributed by atoms with Crippen LogP contribution in [-0.2, 0) is 48.0 Å². The highest BCUT2D eigenvalue weighted by Crippen LogP contribution is 2.20. The van der Waals surface area contributed by atoms with Crippen molar-refractivity contribution in [2.45, 2.75) is 56.0 Å². The Balaban J connectivity index is 0.000000757. The summed E-state index contributed by atoms with van der Waals surface area (Å²) in [5, 5.41) is 20.1. The summed E-state index contributed by atoms with van der Waals surface area (Å²) in [4.78, 5) is 69.8. The van der Waals surface area contributed by atoms with E-state index in [0.717, 1.165) is 27.6 Å². The number of aliphatic carboxylic acids is 1. The standard InChI is InChI=1S/C37H42N6O5.C2HF3O2/c44-34-22-33(43-15-17-48-18-16-43)37(47)39-24-28(19-25-9-3-1-4-10-25)40-35(45)31(20-26-11-5-2-6-12-26)42-36(46)32(41-34)21-27-23-38-30-14-8-7-13-29(27)30;3-2(4,5)1(6)7/h1-14,23,28,31-33,38H,15-22,24H2,(H,39,47)(H,40,45)(H,41,44)(H,42,46);(H,6,7)/t28-,31+,32+,33-;/m1./s1. The first-order valence-electron chi connectivity index (χ1n) is 17.8. The predicted octanol–water partition coefficient (Wildman–Crippen LogP) is 2.50. The molecule has 16 heteroatoms. The summed E-state index contributed by atoms with van der Waals surface area (Å²) in [5.41, 5.74) is 3.62. The number of hydrogen-bond acceptors (Lipinski definition) is 7. The van der Waals surface area contributed by atoms with E-state index in [2.05, 4.69) is 26.3 Å². The highest BCUT2D eigenvalue weighted by molar-refractivity contribution is 5.95. The van der Waals surface area contributed by atoms with Gasteiger partial charge >= 0.3 is 12.1 Å². The van der Waals surface area contributed by atoms with E-state index in [1.165, 1.54) is 0 Å². The Morgan fingerprint density at radius 1 is 0.745 bits per heavy atom. The molecule has 2 fully saturated rings. The van der Waals surface area contributed by atoms with Crippen LogP contribution in [0.5, 0.6) is 0 Å². The van der Waals surface area contributed by atoms with Gasteiger partial charge in [0.2, 0.25) is 23.6 Å². The molecule has 0 bridgehead atoms. The monoisotopic (exact) mass is 764 g/mol. The molecule has 3 aromatic carbocycles. The molecule has 292 valence electrons. The molecular weight excluding hydrogens is 721 g/mol. The van der Waals surface area contributed by atoms with Gasteiger partial charge in [-0.25, -0.2) is 4.79 Å². The van der Waals surface area contributed by atoms with Gasteiger partial charge in [-0.1, -0.05) is 78.9 Å². The highest BCUT2D eigenvalue weighted by Gasteiger charge is 2.38. The third-order valence-corrected chi connectivity index (χ3v) is 9.27. The minimum absolute atomic E-state index is 0.132. The topological polar surface area (TPSA) is 182 Å². The second kappa shape index (κ2) is 19.0. The van der Waals surface area contributed by atoms with Crippen LogP contribution in [0.1, 0.15) is 23.1 Å². The highest BCUT2D eigenvalue weighted by atomic mass is 19.4. The van der Waals surface area contributed by atoms with Crippen LogP contribution >= 0.6 is 0 Å². The number of morpholine rings is 1. The van der Waals surface area contributed by atoms with Crippen LogP contribution in [0, 0.1) is 0 Å². The lowest BCUT2D eigenvalue weighted by molar-refractivity contribution is -0.192. The molecule has 4 amide bonds. The summed E-state index contributed by atoms with van der Waals surface area (Å²) in [6.07, 6.45) is -2.48. The normalized spacial score (nSPS) is 21.9. The van der Waals surface area contributed by atoms with Crippen LogP contribution in [0.2, 0.25) is 0 Å². The van der Waals surface area contributed by atoms with Gasteiger partial charge in [-0.2, -0.15) is 13.2 Å². The third kappa shape index (κ3) is 11.9. The number of amides is 4. The second-order valence-electron chi connectivity index (χ2n) is 13.2. The van der Waals surface area contributed by atoms with Gasteiger partial charge in [-0.05, 0) is 29.2 Å². The lowest BCUT2D eigenvalue weighted by Gasteiger charge is -2.34. The molecule has 0 unspecified atom stereocenters. The van der Waals surface area contributed by atoms with Crippen molar-refractivity contribution < 1.29 is 47.0 Å². The number of hydrogen-bond donors (Lipinski definition) is 6. The van der Waals surface area contributed by atoms with Crippen molar-refractivity contribution in [1.82, 2.24) is 31.2 Å². The van der Waals surface area contributed by atoms with E-state index in [-0.39, 0.29) is 37.6 Å². The maximum Gasteiger partial charge on any atom is 0.490 e. The van der Waals surface area contributed by atoms with Crippen molar-refractivity contribution in [1.29, 1.82) is 0 Å². The quantitative estimate of drug-likeness (QED) is 0.166. The summed E-state index contributed by atoms with van der Waals surface area (Å²) in [6, 6.07) is 23.8. The van der Waals surface area contributed by atoms with Gasteiger partial charge in [-0.15, -0.1) is 0 Å².